The van der Waals surface area contributed by atoms with Crippen molar-refractivity contribution in [2.75, 3.05) is 20.3 Å². The fraction of sp³-hybridized carbons (Fsp3) is 0.258. The molecule has 1 saturated heterocycles. The molecule has 5 rings (SSSR count). The second kappa shape index (κ2) is 17.5. The molecule has 2 aromatic carbocycles. The fourth-order valence-corrected chi connectivity index (χ4v) is 7.22. The normalized spacial score (nSPS) is 20.7. The van der Waals surface area contributed by atoms with E-state index in [1.54, 1.807) is 7.11 Å². The molecule has 3 aliphatic rings. The molecule has 0 aromatic heterocycles. The summed E-state index contributed by atoms with van der Waals surface area (Å²) in [5.74, 6) is 1.23. The van der Waals surface area contributed by atoms with Crippen molar-refractivity contribution < 1.29 is 21.8 Å². The summed E-state index contributed by atoms with van der Waals surface area (Å²) in [6, 6.07) is 22.2. The number of ether oxygens (including phenoxy) is 1. The van der Waals surface area contributed by atoms with Crippen LogP contribution in [-0.4, -0.2) is 51.1 Å². The summed E-state index contributed by atoms with van der Waals surface area (Å²) in [6.45, 7) is 4.08. The zero-order valence-corrected chi connectivity index (χ0v) is 23.6. The maximum Gasteiger partial charge on any atom is 2.00 e. The quantitative estimate of drug-likeness (QED) is 0.263. The SMILES string of the molecule is COC[C@@H]1CCCN1/N=C(/[C]1[CH][CH][CH][CH]1)[C@@H](C)P(c1ccccc1)c1ccccc1.[B].[CH]1[CH][CH][CH][CH]1.[Fe+2]. The number of hydrazone groups is 1. The van der Waals surface area contributed by atoms with Gasteiger partial charge in [-0.25, -0.2) is 0 Å². The molecule has 0 unspecified atom stereocenters. The van der Waals surface area contributed by atoms with E-state index < -0.39 is 7.92 Å². The zero-order valence-electron chi connectivity index (χ0n) is 21.6. The van der Waals surface area contributed by atoms with Gasteiger partial charge >= 0.3 is 17.1 Å². The van der Waals surface area contributed by atoms with E-state index >= 15 is 0 Å². The molecule has 0 bridgehead atoms. The average molecular weight is 549 g/mol. The molecule has 0 N–H and O–H groups in total. The number of hydrogen-bond acceptors (Lipinski definition) is 3. The average Bonchev–Trinajstić information content (AvgIpc) is 3.70. The molecule has 189 valence electrons. The maximum absolute atomic E-state index is 5.47. The van der Waals surface area contributed by atoms with Gasteiger partial charge in [0, 0.05) is 33.6 Å². The predicted octanol–water partition coefficient (Wildman–Crippen LogP) is 5.02. The summed E-state index contributed by atoms with van der Waals surface area (Å²) in [5.41, 5.74) is 1.47. The van der Waals surface area contributed by atoms with Gasteiger partial charge in [-0.1, -0.05) is 67.6 Å². The van der Waals surface area contributed by atoms with Crippen molar-refractivity contribution >= 4 is 32.7 Å². The van der Waals surface area contributed by atoms with Crippen LogP contribution in [0.3, 0.4) is 0 Å². The van der Waals surface area contributed by atoms with E-state index in [9.17, 15) is 0 Å². The van der Waals surface area contributed by atoms with E-state index in [-0.39, 0.29) is 31.1 Å². The van der Waals surface area contributed by atoms with Crippen LogP contribution in [0.15, 0.2) is 65.8 Å². The van der Waals surface area contributed by atoms with E-state index in [0.29, 0.717) is 6.04 Å². The molecule has 2 saturated carbocycles. The number of methoxy groups -OCH3 is 1. The summed E-state index contributed by atoms with van der Waals surface area (Å²) in [6.07, 6.45) is 20.9. The van der Waals surface area contributed by atoms with Crippen LogP contribution in [0, 0.1) is 63.7 Å². The summed E-state index contributed by atoms with van der Waals surface area (Å²) in [7, 11) is 1.20. The smallest absolute Gasteiger partial charge is 0.382 e. The Balaban J connectivity index is 0.000000617. The second-order valence-corrected chi connectivity index (χ2v) is 11.3. The summed E-state index contributed by atoms with van der Waals surface area (Å²) in [5, 5.41) is 10.3. The van der Waals surface area contributed by atoms with Gasteiger partial charge in [-0.15, -0.1) is 0 Å². The minimum absolute atomic E-state index is 0. The largest absolute Gasteiger partial charge is 2.00 e. The van der Waals surface area contributed by atoms with Crippen molar-refractivity contribution in [2.45, 2.75) is 31.5 Å². The third kappa shape index (κ3) is 9.24. The van der Waals surface area contributed by atoms with E-state index in [2.05, 4.69) is 98.3 Å². The molecule has 3 fully saturated rings. The summed E-state index contributed by atoms with van der Waals surface area (Å²) < 4.78 is 5.47. The van der Waals surface area contributed by atoms with Crippen LogP contribution >= 0.6 is 7.92 Å². The molecule has 1 aliphatic heterocycles. The van der Waals surface area contributed by atoms with Crippen molar-refractivity contribution in [1.29, 1.82) is 0 Å². The van der Waals surface area contributed by atoms with Gasteiger partial charge in [0.1, 0.15) is 0 Å². The van der Waals surface area contributed by atoms with E-state index in [0.717, 1.165) is 19.6 Å². The van der Waals surface area contributed by atoms with Crippen molar-refractivity contribution in [1.82, 2.24) is 5.01 Å². The van der Waals surface area contributed by atoms with E-state index in [1.807, 2.05) is 32.1 Å². The number of nitrogens with zero attached hydrogens (tertiary/aromatic N) is 2. The van der Waals surface area contributed by atoms with Crippen molar-refractivity contribution in [2.24, 2.45) is 5.10 Å². The van der Waals surface area contributed by atoms with E-state index in [4.69, 9.17) is 9.84 Å². The Kier molecular flexibility index (Phi) is 15.2. The summed E-state index contributed by atoms with van der Waals surface area (Å²) in [4.78, 5) is 0. The Bertz CT molecular complexity index is 843. The fourth-order valence-electron chi connectivity index (χ4n) is 4.60. The topological polar surface area (TPSA) is 24.8 Å². The standard InChI is InChI=1S/C26H30N2OP.C5H5.B.Fe/c1-21(30(24-15-5-3-6-16-24)25-17-7-4-8-18-25)26(22-12-9-10-13-22)27-28-19-11-14-23(28)20-29-2;1-2-4-5-3-1;;/h3-10,12-13,15-18,21,23H,11,14,19-20H2,1-2H3;1-5H;;/q;;;+2/b27-26+;;;/t21-,23+;;;/m1.../s1. The first-order valence-electron chi connectivity index (χ1n) is 12.4. The van der Waals surface area contributed by atoms with Gasteiger partial charge in [0.25, 0.3) is 0 Å². The van der Waals surface area contributed by atoms with Gasteiger partial charge in [0.2, 0.25) is 0 Å². The molecule has 2 aliphatic carbocycles. The number of rotatable bonds is 8. The minimum atomic E-state index is -0.587. The monoisotopic (exact) mass is 549 g/mol. The summed E-state index contributed by atoms with van der Waals surface area (Å²) >= 11 is 0. The van der Waals surface area contributed by atoms with Crippen LogP contribution in [0.25, 0.3) is 0 Å². The van der Waals surface area contributed by atoms with Crippen molar-refractivity contribution in [3.05, 3.63) is 124 Å². The second-order valence-electron chi connectivity index (χ2n) is 8.75. The number of benzene rings is 2. The van der Waals surface area contributed by atoms with Crippen molar-refractivity contribution in [3.63, 3.8) is 0 Å². The molecule has 2 atom stereocenters. The first kappa shape index (κ1) is 32.1. The zero-order chi connectivity index (χ0) is 24.3. The van der Waals surface area contributed by atoms with Crippen LogP contribution in [-0.2, 0) is 21.8 Å². The molecule has 13 radical (unpaired) electrons. The Morgan fingerprint density at radius 2 is 1.41 bits per heavy atom. The predicted molar refractivity (Wildman–Crippen MR) is 155 cm³/mol. The number of hydrogen-bond donors (Lipinski definition) is 0. The van der Waals surface area contributed by atoms with Gasteiger partial charge in [0.05, 0.1) is 18.4 Å². The van der Waals surface area contributed by atoms with Gasteiger partial charge in [-0.3, -0.25) is 5.01 Å². The Hall–Kier alpha value is -1.12. The van der Waals surface area contributed by atoms with Crippen LogP contribution in [0.5, 0.6) is 0 Å². The van der Waals surface area contributed by atoms with E-state index in [1.165, 1.54) is 28.7 Å². The Morgan fingerprint density at radius 1 is 0.892 bits per heavy atom. The van der Waals surface area contributed by atoms with Crippen molar-refractivity contribution in [3.8, 4) is 0 Å². The van der Waals surface area contributed by atoms with Gasteiger partial charge in [-0.05, 0) is 89.2 Å². The molecular weight excluding hydrogens is 514 g/mol. The van der Waals surface area contributed by atoms with Gasteiger partial charge < -0.3 is 4.74 Å². The van der Waals surface area contributed by atoms with Gasteiger partial charge in [-0.2, -0.15) is 5.10 Å². The van der Waals surface area contributed by atoms with Gasteiger partial charge in [0.15, 0.2) is 0 Å². The minimum Gasteiger partial charge on any atom is -0.382 e. The molecule has 6 heteroatoms. The molecule has 0 amide bonds. The third-order valence-corrected chi connectivity index (χ3v) is 9.04. The third-order valence-electron chi connectivity index (χ3n) is 6.31. The first-order chi connectivity index (χ1) is 17.3. The Labute approximate surface area is 240 Å². The molecule has 2 aromatic rings. The van der Waals surface area contributed by atoms with Crippen LogP contribution < -0.4 is 10.6 Å². The molecule has 37 heavy (non-hydrogen) atoms. The molecular formula is C31H35BFeN2OP+2. The molecule has 0 spiro atoms. The van der Waals surface area contributed by atoms with Crippen LogP contribution in [0.4, 0.5) is 0 Å². The molecule has 1 heterocycles. The Morgan fingerprint density at radius 3 is 1.89 bits per heavy atom. The maximum atomic E-state index is 5.47. The van der Waals surface area contributed by atoms with Crippen LogP contribution in [0.1, 0.15) is 19.8 Å². The first-order valence-corrected chi connectivity index (χ1v) is 13.8. The molecule has 3 nitrogen and oxygen atoms in total. The van der Waals surface area contributed by atoms with Crippen LogP contribution in [0.2, 0.25) is 0 Å².